The van der Waals surface area contributed by atoms with Crippen LogP contribution in [0.25, 0.3) is 5.78 Å². The molecule has 1 N–H and O–H groups in total. The van der Waals surface area contributed by atoms with Crippen LogP contribution in [0.1, 0.15) is 46.8 Å². The first-order valence-corrected chi connectivity index (χ1v) is 11.4. The van der Waals surface area contributed by atoms with E-state index in [1.54, 1.807) is 24.3 Å². The molecule has 1 aliphatic rings. The number of benzene rings is 1. The molecule has 158 valence electrons. The van der Waals surface area contributed by atoms with Gasteiger partial charge in [-0.3, -0.25) is 4.79 Å². The summed E-state index contributed by atoms with van der Waals surface area (Å²) in [6.45, 7) is 4.99. The van der Waals surface area contributed by atoms with Crippen LogP contribution in [0.15, 0.2) is 35.2 Å². The van der Waals surface area contributed by atoms with Crippen LogP contribution in [0.5, 0.6) is 0 Å². The fourth-order valence-electron chi connectivity index (χ4n) is 3.59. The van der Waals surface area contributed by atoms with Crippen molar-refractivity contribution in [2.24, 2.45) is 0 Å². The molecule has 3 aromatic rings. The fraction of sp³-hybridized carbons (Fsp3) is 0.400. The van der Waals surface area contributed by atoms with Crippen LogP contribution >= 0.6 is 0 Å². The van der Waals surface area contributed by atoms with Gasteiger partial charge in [-0.1, -0.05) is 18.6 Å². The Morgan fingerprint density at radius 2 is 1.87 bits per heavy atom. The van der Waals surface area contributed by atoms with E-state index in [4.69, 9.17) is 0 Å². The number of rotatable bonds is 5. The second-order valence-corrected chi connectivity index (χ2v) is 9.42. The Kier molecular flexibility index (Phi) is 5.52. The Morgan fingerprint density at radius 3 is 2.63 bits per heavy atom. The van der Waals surface area contributed by atoms with Crippen LogP contribution < -0.4 is 5.32 Å². The number of amides is 1. The number of carbonyl (C=O) groups excluding carboxylic acids is 1. The van der Waals surface area contributed by atoms with Gasteiger partial charge in [0.2, 0.25) is 15.8 Å². The van der Waals surface area contributed by atoms with Gasteiger partial charge in [-0.2, -0.15) is 9.29 Å². The molecule has 2 aromatic heterocycles. The van der Waals surface area contributed by atoms with Gasteiger partial charge in [-0.15, -0.1) is 5.10 Å². The van der Waals surface area contributed by atoms with Crippen molar-refractivity contribution in [3.05, 3.63) is 53.1 Å². The largest absolute Gasteiger partial charge is 0.345 e. The molecule has 0 saturated carbocycles. The number of nitrogens with one attached hydrogen (secondary N) is 1. The molecule has 0 atom stereocenters. The normalized spacial score (nSPS) is 15.4. The lowest BCUT2D eigenvalue weighted by Gasteiger charge is -2.26. The van der Waals surface area contributed by atoms with Crippen LogP contribution in [0.3, 0.4) is 0 Å². The Hall–Kier alpha value is -2.85. The smallest absolute Gasteiger partial charge is 0.291 e. The highest BCUT2D eigenvalue weighted by atomic mass is 32.2. The lowest BCUT2D eigenvalue weighted by atomic mass is 10.2. The molecule has 0 spiro atoms. The number of aromatic nitrogens is 4. The predicted octanol–water partition coefficient (Wildman–Crippen LogP) is 1.85. The average molecular weight is 429 g/mol. The lowest BCUT2D eigenvalue weighted by Crippen LogP contribution is -2.35. The number of nitrogens with zero attached hydrogens (tertiary/aromatic N) is 5. The van der Waals surface area contributed by atoms with Crippen molar-refractivity contribution in [1.29, 1.82) is 0 Å². The Morgan fingerprint density at radius 1 is 1.10 bits per heavy atom. The van der Waals surface area contributed by atoms with Crippen molar-refractivity contribution < 1.29 is 13.2 Å². The van der Waals surface area contributed by atoms with Gasteiger partial charge in [0.1, 0.15) is 0 Å². The predicted molar refractivity (Wildman–Crippen MR) is 110 cm³/mol. The quantitative estimate of drug-likeness (QED) is 0.664. The van der Waals surface area contributed by atoms with Crippen molar-refractivity contribution in [3.63, 3.8) is 0 Å². The summed E-state index contributed by atoms with van der Waals surface area (Å²) in [5.41, 5.74) is 2.32. The summed E-state index contributed by atoms with van der Waals surface area (Å²) in [6, 6.07) is 8.53. The molecule has 1 saturated heterocycles. The van der Waals surface area contributed by atoms with Crippen LogP contribution in [0.4, 0.5) is 0 Å². The molecule has 0 bridgehead atoms. The van der Waals surface area contributed by atoms with Crippen molar-refractivity contribution in [2.45, 2.75) is 44.6 Å². The van der Waals surface area contributed by atoms with E-state index < -0.39 is 15.9 Å². The summed E-state index contributed by atoms with van der Waals surface area (Å²) in [5.74, 6) is -0.0533. The van der Waals surface area contributed by atoms with E-state index in [2.05, 4.69) is 20.4 Å². The molecule has 3 heterocycles. The zero-order chi connectivity index (χ0) is 21.3. The second-order valence-electron chi connectivity index (χ2n) is 7.48. The third-order valence-corrected chi connectivity index (χ3v) is 7.02. The van der Waals surface area contributed by atoms with Gasteiger partial charge in [0.05, 0.1) is 4.90 Å². The van der Waals surface area contributed by atoms with Gasteiger partial charge >= 0.3 is 0 Å². The summed E-state index contributed by atoms with van der Waals surface area (Å²) in [5, 5.41) is 6.97. The molecule has 1 aromatic carbocycles. The minimum Gasteiger partial charge on any atom is -0.345 e. The first kappa shape index (κ1) is 20.4. The SMILES string of the molecule is Cc1cc(C)n2nc(C(=O)NCc3cccc(S(=O)(=O)N4CCCCC4)c3)nc2n1. The van der Waals surface area contributed by atoms with Crippen molar-refractivity contribution in [2.75, 3.05) is 13.1 Å². The standard InChI is InChI=1S/C20H24N6O3S/c1-14-11-15(2)26-20(22-14)23-18(24-26)19(27)21-13-16-7-6-8-17(12-16)30(28,29)25-9-4-3-5-10-25/h6-8,11-12H,3-5,9-10,13H2,1-2H3,(H,21,27). The van der Waals surface area contributed by atoms with E-state index in [0.717, 1.165) is 30.7 Å². The first-order chi connectivity index (χ1) is 14.3. The molecular formula is C20H24N6O3S. The molecule has 30 heavy (non-hydrogen) atoms. The van der Waals surface area contributed by atoms with Crippen LogP contribution in [-0.2, 0) is 16.6 Å². The molecule has 0 aliphatic carbocycles. The minimum absolute atomic E-state index is 0.0216. The highest BCUT2D eigenvalue weighted by Crippen LogP contribution is 2.21. The molecule has 10 heteroatoms. The Labute approximate surface area is 175 Å². The molecule has 1 fully saturated rings. The van der Waals surface area contributed by atoms with Gasteiger partial charge in [-0.25, -0.2) is 17.9 Å². The molecular weight excluding hydrogens is 404 g/mol. The lowest BCUT2D eigenvalue weighted by molar-refractivity contribution is 0.0940. The van der Waals surface area contributed by atoms with Gasteiger partial charge < -0.3 is 5.32 Å². The number of piperidine rings is 1. The highest BCUT2D eigenvalue weighted by molar-refractivity contribution is 7.89. The molecule has 1 aliphatic heterocycles. The molecule has 1 amide bonds. The molecule has 9 nitrogen and oxygen atoms in total. The van der Waals surface area contributed by atoms with E-state index in [0.29, 0.717) is 24.4 Å². The number of fused-ring (bicyclic) bond motifs is 1. The second kappa shape index (κ2) is 8.11. The topological polar surface area (TPSA) is 110 Å². The number of hydrogen-bond acceptors (Lipinski definition) is 6. The number of aryl methyl sites for hydroxylation is 2. The fourth-order valence-corrected chi connectivity index (χ4v) is 5.18. The monoisotopic (exact) mass is 428 g/mol. The van der Waals surface area contributed by atoms with E-state index in [9.17, 15) is 13.2 Å². The van der Waals surface area contributed by atoms with E-state index in [-0.39, 0.29) is 17.3 Å². The van der Waals surface area contributed by atoms with Crippen molar-refractivity contribution in [1.82, 2.24) is 29.2 Å². The van der Waals surface area contributed by atoms with E-state index in [1.165, 1.54) is 8.82 Å². The summed E-state index contributed by atoms with van der Waals surface area (Å²) in [7, 11) is -3.52. The molecule has 0 unspecified atom stereocenters. The van der Waals surface area contributed by atoms with E-state index >= 15 is 0 Å². The minimum atomic E-state index is -3.52. The summed E-state index contributed by atoms with van der Waals surface area (Å²) < 4.78 is 28.8. The number of sulfonamides is 1. The van der Waals surface area contributed by atoms with Crippen LogP contribution in [-0.4, -0.2) is 51.3 Å². The van der Waals surface area contributed by atoms with E-state index in [1.807, 2.05) is 19.9 Å². The van der Waals surface area contributed by atoms with Gasteiger partial charge in [-0.05, 0) is 50.5 Å². The zero-order valence-corrected chi connectivity index (χ0v) is 17.8. The highest BCUT2D eigenvalue weighted by Gasteiger charge is 2.26. The molecule has 4 rings (SSSR count). The maximum Gasteiger partial charge on any atom is 0.291 e. The summed E-state index contributed by atoms with van der Waals surface area (Å²) in [6.07, 6.45) is 2.83. The maximum absolute atomic E-state index is 12.9. The first-order valence-electron chi connectivity index (χ1n) is 9.93. The van der Waals surface area contributed by atoms with Gasteiger partial charge in [0, 0.05) is 31.0 Å². The van der Waals surface area contributed by atoms with Gasteiger partial charge in [0.25, 0.3) is 11.7 Å². The Balaban J connectivity index is 1.48. The number of carbonyl (C=O) groups is 1. The third kappa shape index (κ3) is 4.05. The van der Waals surface area contributed by atoms with Crippen LogP contribution in [0, 0.1) is 13.8 Å². The van der Waals surface area contributed by atoms with Gasteiger partial charge in [0.15, 0.2) is 0 Å². The summed E-state index contributed by atoms with van der Waals surface area (Å²) in [4.78, 5) is 21.2. The molecule has 0 radical (unpaired) electrons. The average Bonchev–Trinajstić information content (AvgIpc) is 3.17. The van der Waals surface area contributed by atoms with Crippen molar-refractivity contribution in [3.8, 4) is 0 Å². The maximum atomic E-state index is 12.9. The zero-order valence-electron chi connectivity index (χ0n) is 17.0. The van der Waals surface area contributed by atoms with Crippen molar-refractivity contribution >= 4 is 21.7 Å². The third-order valence-electron chi connectivity index (χ3n) is 5.13. The van der Waals surface area contributed by atoms with Crippen LogP contribution in [0.2, 0.25) is 0 Å². The summed E-state index contributed by atoms with van der Waals surface area (Å²) >= 11 is 0. The Bertz CT molecular complexity index is 1200. The number of hydrogen-bond donors (Lipinski definition) is 1.